The van der Waals surface area contributed by atoms with E-state index in [0.717, 1.165) is 52.0 Å². The fourth-order valence-electron chi connectivity index (χ4n) is 4.95. The Bertz CT molecular complexity index is 802. The van der Waals surface area contributed by atoms with Gasteiger partial charge in [-0.3, -0.25) is 20.4 Å². The minimum Gasteiger partial charge on any atom is -0.469 e. The van der Waals surface area contributed by atoms with Gasteiger partial charge in [-0.15, -0.1) is 0 Å². The third-order valence-corrected chi connectivity index (χ3v) is 7.09. The normalized spacial score (nSPS) is 22.1. The number of rotatable bonds is 8. The van der Waals surface area contributed by atoms with E-state index in [4.69, 9.17) is 19.6 Å². The van der Waals surface area contributed by atoms with Gasteiger partial charge < -0.3 is 28.9 Å². The van der Waals surface area contributed by atoms with Crippen molar-refractivity contribution in [1.29, 1.82) is 5.41 Å². The zero-order valence-electron chi connectivity index (χ0n) is 22.8. The molecule has 3 rings (SSSR count). The molecule has 0 spiro atoms. The van der Waals surface area contributed by atoms with Gasteiger partial charge >= 0.3 is 18.2 Å². The van der Waals surface area contributed by atoms with E-state index in [1.54, 1.807) is 20.8 Å². The molecule has 3 heterocycles. The van der Waals surface area contributed by atoms with Crippen LogP contribution in [-0.2, 0) is 19.0 Å². The average Bonchev–Trinajstić information content (AvgIpc) is 3.19. The van der Waals surface area contributed by atoms with Gasteiger partial charge in [-0.2, -0.15) is 0 Å². The van der Waals surface area contributed by atoms with Crippen molar-refractivity contribution in [2.24, 2.45) is 5.92 Å². The maximum atomic E-state index is 12.4. The van der Waals surface area contributed by atoms with Crippen LogP contribution < -0.4 is 5.32 Å². The van der Waals surface area contributed by atoms with E-state index in [9.17, 15) is 14.4 Å². The molecule has 3 saturated heterocycles. The summed E-state index contributed by atoms with van der Waals surface area (Å²) in [7, 11) is 1.41. The monoisotopic (exact) mass is 524 g/mol. The Balaban J connectivity index is 1.30. The number of nitrogens with zero attached hydrogens (tertiary/aromatic N) is 4. The van der Waals surface area contributed by atoms with Crippen LogP contribution in [0.4, 0.5) is 9.59 Å². The van der Waals surface area contributed by atoms with Gasteiger partial charge in [-0.25, -0.2) is 9.59 Å². The Kier molecular flexibility index (Phi) is 10.4. The van der Waals surface area contributed by atoms with Crippen LogP contribution in [0.25, 0.3) is 0 Å². The highest BCUT2D eigenvalue weighted by atomic mass is 16.6. The Morgan fingerprint density at radius 1 is 1.05 bits per heavy atom. The number of piperidine rings is 1. The minimum absolute atomic E-state index is 0.0722. The van der Waals surface area contributed by atoms with Gasteiger partial charge in [0.2, 0.25) is 5.96 Å². The molecule has 12 heteroatoms. The number of esters is 1. The standard InChI is InChI=1S/C25H44N6O6/c1-25(2,3)37-23(33)27-22(26)30-10-5-19(6-11-30)7-12-31-18-20(36-24(31)34)17-29-15-13-28(14-16-29)9-8-21(32)35-4/h19-20H,5-18H2,1-4H3,(H2,26,27,33). The summed E-state index contributed by atoms with van der Waals surface area (Å²) in [6.45, 7) is 13.1. The van der Waals surface area contributed by atoms with E-state index in [1.807, 2.05) is 9.80 Å². The molecule has 210 valence electrons. The minimum atomic E-state index is -0.609. The summed E-state index contributed by atoms with van der Waals surface area (Å²) in [5.41, 5.74) is -0.602. The second-order valence-electron chi connectivity index (χ2n) is 11.1. The fraction of sp³-hybridized carbons (Fsp3) is 0.840. The average molecular weight is 525 g/mol. The van der Waals surface area contributed by atoms with Crippen LogP contribution in [0.3, 0.4) is 0 Å². The first-order chi connectivity index (χ1) is 17.5. The van der Waals surface area contributed by atoms with Crippen molar-refractivity contribution in [2.45, 2.75) is 58.2 Å². The highest BCUT2D eigenvalue weighted by Gasteiger charge is 2.34. The van der Waals surface area contributed by atoms with Gasteiger partial charge in [0.15, 0.2) is 0 Å². The van der Waals surface area contributed by atoms with E-state index < -0.39 is 11.7 Å². The van der Waals surface area contributed by atoms with Gasteiger partial charge in [0, 0.05) is 58.9 Å². The van der Waals surface area contributed by atoms with Gasteiger partial charge in [-0.1, -0.05) is 0 Å². The molecule has 0 saturated carbocycles. The maximum Gasteiger partial charge on any atom is 0.414 e. The van der Waals surface area contributed by atoms with Crippen LogP contribution in [0.2, 0.25) is 0 Å². The molecular formula is C25H44N6O6. The SMILES string of the molecule is COC(=O)CCN1CCN(CC2CN(CCC3CCN(C(=N)NC(=O)OC(C)(C)C)CC3)C(=O)O2)CC1. The third kappa shape index (κ3) is 9.66. The van der Waals surface area contributed by atoms with E-state index in [-0.39, 0.29) is 24.1 Å². The van der Waals surface area contributed by atoms with Gasteiger partial charge in [0.25, 0.3) is 0 Å². The molecule has 3 aliphatic heterocycles. The number of guanidine groups is 1. The number of ether oxygens (including phenoxy) is 3. The first-order valence-electron chi connectivity index (χ1n) is 13.3. The largest absolute Gasteiger partial charge is 0.469 e. The zero-order valence-corrected chi connectivity index (χ0v) is 22.8. The van der Waals surface area contributed by atoms with Crippen molar-refractivity contribution >= 4 is 24.1 Å². The third-order valence-electron chi connectivity index (χ3n) is 7.09. The number of hydrogen-bond donors (Lipinski definition) is 2. The van der Waals surface area contributed by atoms with Crippen LogP contribution in [0.5, 0.6) is 0 Å². The van der Waals surface area contributed by atoms with Crippen molar-refractivity contribution in [3.8, 4) is 0 Å². The lowest BCUT2D eigenvalue weighted by Gasteiger charge is -2.35. The molecular weight excluding hydrogens is 480 g/mol. The number of amides is 2. The summed E-state index contributed by atoms with van der Waals surface area (Å²) in [6, 6.07) is 0. The molecule has 12 nitrogen and oxygen atoms in total. The Morgan fingerprint density at radius 3 is 2.32 bits per heavy atom. The number of likely N-dealkylation sites (tertiary alicyclic amines) is 1. The zero-order chi connectivity index (χ0) is 27.0. The lowest BCUT2D eigenvalue weighted by molar-refractivity contribution is -0.141. The van der Waals surface area contributed by atoms with Gasteiger partial charge in [0.05, 0.1) is 20.1 Å². The lowest BCUT2D eigenvalue weighted by Crippen LogP contribution is -2.49. The van der Waals surface area contributed by atoms with Crippen molar-refractivity contribution in [3.63, 3.8) is 0 Å². The lowest BCUT2D eigenvalue weighted by atomic mass is 9.93. The van der Waals surface area contributed by atoms with Crippen LogP contribution in [0.1, 0.15) is 46.5 Å². The first-order valence-corrected chi connectivity index (χ1v) is 13.3. The molecule has 1 atom stereocenters. The number of methoxy groups -OCH3 is 1. The van der Waals surface area contributed by atoms with Crippen LogP contribution in [-0.4, -0.2) is 128 Å². The van der Waals surface area contributed by atoms with Crippen LogP contribution in [0.15, 0.2) is 0 Å². The number of alkyl carbamates (subject to hydrolysis) is 1. The molecule has 3 aliphatic rings. The summed E-state index contributed by atoms with van der Waals surface area (Å²) < 4.78 is 15.6. The first kappa shape index (κ1) is 29.0. The molecule has 0 bridgehead atoms. The fourth-order valence-corrected chi connectivity index (χ4v) is 4.95. The number of piperazine rings is 1. The van der Waals surface area contributed by atoms with Crippen LogP contribution >= 0.6 is 0 Å². The second-order valence-corrected chi connectivity index (χ2v) is 11.1. The summed E-state index contributed by atoms with van der Waals surface area (Å²) >= 11 is 0. The smallest absolute Gasteiger partial charge is 0.414 e. The Labute approximate surface area is 220 Å². The van der Waals surface area contributed by atoms with Gasteiger partial charge in [-0.05, 0) is 46.0 Å². The van der Waals surface area contributed by atoms with E-state index in [2.05, 4.69) is 15.1 Å². The number of hydrogen-bond acceptors (Lipinski definition) is 9. The summed E-state index contributed by atoms with van der Waals surface area (Å²) in [5, 5.41) is 10.7. The molecule has 2 amide bonds. The predicted octanol–water partition coefficient (Wildman–Crippen LogP) is 1.55. The van der Waals surface area contributed by atoms with E-state index in [0.29, 0.717) is 45.1 Å². The molecule has 1 unspecified atom stereocenters. The second kappa shape index (κ2) is 13.3. The maximum absolute atomic E-state index is 12.4. The Morgan fingerprint density at radius 2 is 1.70 bits per heavy atom. The Hall–Kier alpha value is -2.60. The van der Waals surface area contributed by atoms with Crippen molar-refractivity contribution in [1.82, 2.24) is 24.9 Å². The van der Waals surface area contributed by atoms with Crippen LogP contribution in [0, 0.1) is 11.3 Å². The van der Waals surface area contributed by atoms with Crippen molar-refractivity contribution in [2.75, 3.05) is 72.6 Å². The molecule has 0 radical (unpaired) electrons. The van der Waals surface area contributed by atoms with E-state index >= 15 is 0 Å². The molecule has 0 aromatic carbocycles. The number of cyclic esters (lactones) is 1. The van der Waals surface area contributed by atoms with E-state index in [1.165, 1.54) is 7.11 Å². The van der Waals surface area contributed by atoms with Crippen molar-refractivity contribution < 1.29 is 28.6 Å². The predicted molar refractivity (Wildman–Crippen MR) is 137 cm³/mol. The molecule has 0 aliphatic carbocycles. The summed E-state index contributed by atoms with van der Waals surface area (Å²) in [4.78, 5) is 43.9. The summed E-state index contributed by atoms with van der Waals surface area (Å²) in [5.74, 6) is 0.360. The number of nitrogens with one attached hydrogen (secondary N) is 2. The topological polar surface area (TPSA) is 128 Å². The molecule has 3 fully saturated rings. The molecule has 37 heavy (non-hydrogen) atoms. The van der Waals surface area contributed by atoms with Crippen molar-refractivity contribution in [3.05, 3.63) is 0 Å². The summed E-state index contributed by atoms with van der Waals surface area (Å²) in [6.07, 6.45) is 2.17. The molecule has 2 N–H and O–H groups in total. The highest BCUT2D eigenvalue weighted by molar-refractivity contribution is 5.92. The number of carbonyl (C=O) groups excluding carboxylic acids is 3. The molecule has 0 aromatic heterocycles. The van der Waals surface area contributed by atoms with Gasteiger partial charge in [0.1, 0.15) is 11.7 Å². The molecule has 0 aromatic rings. The quantitative estimate of drug-likeness (QED) is 0.210. The highest BCUT2D eigenvalue weighted by Crippen LogP contribution is 2.23. The number of carbonyl (C=O) groups is 3.